The zero-order valence-corrected chi connectivity index (χ0v) is 15.8. The van der Waals surface area contributed by atoms with E-state index < -0.39 is 0 Å². The summed E-state index contributed by atoms with van der Waals surface area (Å²) in [5.41, 5.74) is 1.49. The number of benzene rings is 1. The van der Waals surface area contributed by atoms with Crippen LogP contribution in [0.25, 0.3) is 0 Å². The highest BCUT2D eigenvalue weighted by molar-refractivity contribution is 8.03. The van der Waals surface area contributed by atoms with Gasteiger partial charge in [0.05, 0.1) is 42.4 Å². The lowest BCUT2D eigenvalue weighted by molar-refractivity contribution is -0.146. The van der Waals surface area contributed by atoms with Gasteiger partial charge in [-0.15, -0.1) is 0 Å². The molecule has 26 heavy (non-hydrogen) atoms. The lowest BCUT2D eigenvalue weighted by Gasteiger charge is -2.40. The first-order valence-corrected chi connectivity index (χ1v) is 9.60. The number of thioether (sulfide) groups is 1. The highest BCUT2D eigenvalue weighted by Crippen LogP contribution is 2.42. The van der Waals surface area contributed by atoms with Gasteiger partial charge in [-0.05, 0) is 24.6 Å². The van der Waals surface area contributed by atoms with E-state index in [9.17, 15) is 14.9 Å². The number of nitrogens with zero attached hydrogens (tertiary/aromatic N) is 3. The average molecular weight is 392 g/mol. The third-order valence-electron chi connectivity index (χ3n) is 4.28. The highest BCUT2D eigenvalue weighted by Gasteiger charge is 2.38. The van der Waals surface area contributed by atoms with Crippen LogP contribution in [0.2, 0.25) is 5.02 Å². The van der Waals surface area contributed by atoms with Crippen LogP contribution < -0.4 is 0 Å². The number of allylic oxidation sites excluding steroid dienone is 1. The van der Waals surface area contributed by atoms with E-state index in [1.54, 1.807) is 24.0 Å². The molecule has 1 amide bonds. The van der Waals surface area contributed by atoms with Gasteiger partial charge in [0.2, 0.25) is 5.91 Å². The Kier molecular flexibility index (Phi) is 5.87. The van der Waals surface area contributed by atoms with Gasteiger partial charge in [-0.1, -0.05) is 35.5 Å². The van der Waals surface area contributed by atoms with Crippen LogP contribution in [0.3, 0.4) is 0 Å². The van der Waals surface area contributed by atoms with E-state index in [0.29, 0.717) is 34.8 Å². The van der Waals surface area contributed by atoms with Crippen LogP contribution in [-0.4, -0.2) is 47.4 Å². The average Bonchev–Trinajstić information content (AvgIpc) is 2.63. The minimum Gasteiger partial charge on any atom is -0.465 e. The second kappa shape index (κ2) is 8.12. The summed E-state index contributed by atoms with van der Waals surface area (Å²) < 4.78 is 4.97. The number of carbonyl (C=O) groups is 2. The Bertz CT molecular complexity index is 788. The minimum absolute atomic E-state index is 0.0555. The Labute approximate surface area is 161 Å². The third kappa shape index (κ3) is 3.88. The fraction of sp³-hybridized carbons (Fsp3) is 0.389. The van der Waals surface area contributed by atoms with Crippen LogP contribution in [0.15, 0.2) is 34.9 Å². The van der Waals surface area contributed by atoms with Crippen LogP contribution in [0.5, 0.6) is 0 Å². The molecular formula is C18H18ClN3O3S. The molecule has 1 aromatic carbocycles. The molecule has 6 nitrogen and oxygen atoms in total. The molecule has 2 aliphatic heterocycles. The van der Waals surface area contributed by atoms with Crippen molar-refractivity contribution in [1.82, 2.24) is 9.80 Å². The molecule has 2 aliphatic rings. The predicted molar refractivity (Wildman–Crippen MR) is 99.0 cm³/mol. The van der Waals surface area contributed by atoms with Gasteiger partial charge in [-0.25, -0.2) is 0 Å². The molecule has 1 fully saturated rings. The summed E-state index contributed by atoms with van der Waals surface area (Å²) in [6.45, 7) is 2.50. The van der Waals surface area contributed by atoms with E-state index in [1.807, 2.05) is 17.0 Å². The fourth-order valence-corrected chi connectivity index (χ4v) is 4.34. The van der Waals surface area contributed by atoms with Gasteiger partial charge < -0.3 is 4.74 Å². The number of hydrogen-bond acceptors (Lipinski definition) is 6. The van der Waals surface area contributed by atoms with Crippen LogP contribution in [0, 0.1) is 11.3 Å². The van der Waals surface area contributed by atoms with Crippen molar-refractivity contribution >= 4 is 35.2 Å². The Morgan fingerprint density at radius 1 is 1.42 bits per heavy atom. The molecule has 1 saturated heterocycles. The summed E-state index contributed by atoms with van der Waals surface area (Å²) >= 11 is 7.35. The lowest BCUT2D eigenvalue weighted by Crippen LogP contribution is -2.48. The van der Waals surface area contributed by atoms with Crippen LogP contribution in [0.1, 0.15) is 24.8 Å². The molecule has 0 radical (unpaired) electrons. The van der Waals surface area contributed by atoms with Gasteiger partial charge in [0, 0.05) is 17.4 Å². The first kappa shape index (κ1) is 18.8. The van der Waals surface area contributed by atoms with Gasteiger partial charge in [-0.3, -0.25) is 19.4 Å². The Hall–Kier alpha value is -2.01. The smallest absolute Gasteiger partial charge is 0.320 e. The fourth-order valence-electron chi connectivity index (χ4n) is 3.08. The second-order valence-corrected chi connectivity index (χ2v) is 7.38. The van der Waals surface area contributed by atoms with Gasteiger partial charge in [0.25, 0.3) is 0 Å². The first-order chi connectivity index (χ1) is 12.5. The molecule has 0 spiro atoms. The van der Waals surface area contributed by atoms with Gasteiger partial charge >= 0.3 is 5.97 Å². The van der Waals surface area contributed by atoms with E-state index in [1.165, 1.54) is 11.8 Å². The van der Waals surface area contributed by atoms with Crippen molar-refractivity contribution in [2.24, 2.45) is 0 Å². The quantitative estimate of drug-likeness (QED) is 0.735. The zero-order valence-electron chi connectivity index (χ0n) is 14.3. The topological polar surface area (TPSA) is 73.6 Å². The Balaban J connectivity index is 1.83. The Morgan fingerprint density at radius 3 is 2.81 bits per heavy atom. The standard InChI is InChI=1S/C18H18ClN3O3S/c1-2-25-17(24)9-21-10-22-16(23)7-14(12-3-5-13(19)6-4-12)15(8-20)18(22)26-11-21/h3-6,14H,2,7,9-11H2,1H3. The van der Waals surface area contributed by atoms with Gasteiger partial charge in [0.1, 0.15) is 0 Å². The molecule has 0 saturated carbocycles. The van der Waals surface area contributed by atoms with Crippen molar-refractivity contribution in [2.45, 2.75) is 19.3 Å². The van der Waals surface area contributed by atoms with E-state index in [0.717, 1.165) is 5.56 Å². The molecule has 0 bridgehead atoms. The maximum Gasteiger partial charge on any atom is 0.320 e. The van der Waals surface area contributed by atoms with Crippen LogP contribution in [0.4, 0.5) is 0 Å². The zero-order chi connectivity index (χ0) is 18.7. The van der Waals surface area contributed by atoms with E-state index >= 15 is 0 Å². The molecule has 3 rings (SSSR count). The maximum absolute atomic E-state index is 12.7. The molecule has 1 atom stereocenters. The summed E-state index contributed by atoms with van der Waals surface area (Å²) in [5, 5.41) is 11.0. The van der Waals surface area contributed by atoms with Crippen molar-refractivity contribution in [1.29, 1.82) is 5.26 Å². The van der Waals surface area contributed by atoms with Crippen molar-refractivity contribution in [2.75, 3.05) is 25.7 Å². The highest BCUT2D eigenvalue weighted by atomic mass is 35.5. The Morgan fingerprint density at radius 2 is 2.15 bits per heavy atom. The SMILES string of the molecule is CCOC(=O)CN1CSC2=C(C#N)C(c3ccc(Cl)cc3)CC(=O)N2C1. The molecule has 2 heterocycles. The molecule has 8 heteroatoms. The number of rotatable bonds is 4. The summed E-state index contributed by atoms with van der Waals surface area (Å²) in [6.07, 6.45) is 0.224. The molecule has 1 unspecified atom stereocenters. The van der Waals surface area contributed by atoms with Gasteiger partial charge in [0.15, 0.2) is 0 Å². The monoisotopic (exact) mass is 391 g/mol. The molecule has 136 valence electrons. The van der Waals surface area contributed by atoms with Crippen molar-refractivity contribution in [3.8, 4) is 6.07 Å². The molecular weight excluding hydrogens is 374 g/mol. The van der Waals surface area contributed by atoms with Crippen LogP contribution >= 0.6 is 23.4 Å². The van der Waals surface area contributed by atoms with E-state index in [-0.39, 0.29) is 30.8 Å². The predicted octanol–water partition coefficient (Wildman–Crippen LogP) is 2.92. The number of nitriles is 1. The molecule has 0 aliphatic carbocycles. The summed E-state index contributed by atoms with van der Waals surface area (Å²) in [6, 6.07) is 9.53. The van der Waals surface area contributed by atoms with Crippen LogP contribution in [-0.2, 0) is 14.3 Å². The normalized spacial score (nSPS) is 20.6. The number of ether oxygens (including phenoxy) is 1. The van der Waals surface area contributed by atoms with Gasteiger partial charge in [-0.2, -0.15) is 5.26 Å². The minimum atomic E-state index is -0.315. The number of fused-ring (bicyclic) bond motifs is 1. The number of hydrogen-bond donors (Lipinski definition) is 0. The number of amides is 1. The summed E-state index contributed by atoms with van der Waals surface area (Å²) in [5.74, 6) is -0.110. The van der Waals surface area contributed by atoms with Crippen molar-refractivity contribution < 1.29 is 14.3 Å². The summed E-state index contributed by atoms with van der Waals surface area (Å²) in [4.78, 5) is 27.8. The number of halogens is 1. The largest absolute Gasteiger partial charge is 0.465 e. The van der Waals surface area contributed by atoms with Crippen molar-refractivity contribution in [3.05, 3.63) is 45.5 Å². The summed E-state index contributed by atoms with van der Waals surface area (Å²) in [7, 11) is 0. The van der Waals surface area contributed by atoms with E-state index in [2.05, 4.69) is 6.07 Å². The second-order valence-electron chi connectivity index (χ2n) is 6.01. The third-order valence-corrected chi connectivity index (χ3v) is 5.74. The lowest BCUT2D eigenvalue weighted by atomic mass is 9.86. The number of carbonyl (C=O) groups excluding carboxylic acids is 2. The first-order valence-electron chi connectivity index (χ1n) is 8.24. The maximum atomic E-state index is 12.7. The molecule has 1 aromatic rings. The number of esters is 1. The van der Waals surface area contributed by atoms with Crippen molar-refractivity contribution in [3.63, 3.8) is 0 Å². The molecule has 0 N–H and O–H groups in total. The molecule has 0 aromatic heterocycles. The van der Waals surface area contributed by atoms with E-state index in [4.69, 9.17) is 16.3 Å².